The van der Waals surface area contributed by atoms with E-state index in [0.29, 0.717) is 11.8 Å². The first-order valence-electron chi connectivity index (χ1n) is 3.83. The summed E-state index contributed by atoms with van der Waals surface area (Å²) in [5, 5.41) is 11.9. The van der Waals surface area contributed by atoms with Crippen molar-refractivity contribution >= 4 is 0 Å². The van der Waals surface area contributed by atoms with Gasteiger partial charge in [-0.3, -0.25) is 0 Å². The lowest BCUT2D eigenvalue weighted by Crippen LogP contribution is -2.34. The molecule has 2 N–H and O–H groups in total. The van der Waals surface area contributed by atoms with Crippen LogP contribution in [0.25, 0.3) is 0 Å². The second-order valence-corrected chi connectivity index (χ2v) is 2.76. The Kier molecular flexibility index (Phi) is 1.68. The van der Waals surface area contributed by atoms with Gasteiger partial charge in [-0.1, -0.05) is 0 Å². The summed E-state index contributed by atoms with van der Waals surface area (Å²) in [5.74, 6) is 1.59. The van der Waals surface area contributed by atoms with Gasteiger partial charge < -0.3 is 14.8 Å². The van der Waals surface area contributed by atoms with Crippen molar-refractivity contribution in [2.24, 2.45) is 0 Å². The van der Waals surface area contributed by atoms with E-state index in [1.54, 1.807) is 0 Å². The average Bonchev–Trinajstić information content (AvgIpc) is 2.32. The van der Waals surface area contributed by atoms with E-state index >= 15 is 0 Å². The summed E-state index contributed by atoms with van der Waals surface area (Å²) >= 11 is 0. The van der Waals surface area contributed by atoms with Crippen molar-refractivity contribution in [3.8, 4) is 0 Å². The largest absolute Gasteiger partial charge is 0.462 e. The van der Waals surface area contributed by atoms with Gasteiger partial charge in [-0.2, -0.15) is 0 Å². The molecule has 0 unspecified atom stereocenters. The first kappa shape index (κ1) is 6.88. The van der Waals surface area contributed by atoms with Gasteiger partial charge in [0.15, 0.2) is 0 Å². The highest BCUT2D eigenvalue weighted by molar-refractivity contribution is 5.12. The Bertz CT molecular complexity index is 240. The highest BCUT2D eigenvalue weighted by atomic mass is 16.4. The van der Waals surface area contributed by atoms with Crippen molar-refractivity contribution in [3.63, 3.8) is 0 Å². The molecule has 1 atom stereocenters. The number of hydrogen-bond acceptors (Lipinski definition) is 3. The Morgan fingerprint density at radius 2 is 2.45 bits per heavy atom. The van der Waals surface area contributed by atoms with Crippen LogP contribution in [0.5, 0.6) is 0 Å². The molecule has 1 saturated heterocycles. The molecular formula is C8H11NO2. The molecule has 0 radical (unpaired) electrons. The lowest BCUT2D eigenvalue weighted by molar-refractivity contribution is 0.231. The second kappa shape index (κ2) is 2.68. The van der Waals surface area contributed by atoms with Crippen LogP contribution >= 0.6 is 0 Å². The summed E-state index contributed by atoms with van der Waals surface area (Å²) in [6.45, 7) is 1.06. The molecule has 1 fully saturated rings. The van der Waals surface area contributed by atoms with E-state index in [4.69, 9.17) is 9.52 Å². The van der Waals surface area contributed by atoms with Crippen LogP contribution in [0.1, 0.15) is 24.0 Å². The second-order valence-electron chi connectivity index (χ2n) is 2.76. The third kappa shape index (κ3) is 1.17. The predicted molar refractivity (Wildman–Crippen MR) is 40.0 cm³/mol. The SMILES string of the molecule is OCc1ccc([C@H]2CCN2)o1. The van der Waals surface area contributed by atoms with E-state index in [1.165, 1.54) is 0 Å². The van der Waals surface area contributed by atoms with Crippen LogP contribution in [0.2, 0.25) is 0 Å². The molecule has 0 spiro atoms. The van der Waals surface area contributed by atoms with Gasteiger partial charge in [0.05, 0.1) is 6.04 Å². The van der Waals surface area contributed by atoms with Gasteiger partial charge in [0.2, 0.25) is 0 Å². The van der Waals surface area contributed by atoms with Crippen LogP contribution in [0.4, 0.5) is 0 Å². The molecular weight excluding hydrogens is 142 g/mol. The van der Waals surface area contributed by atoms with Crippen molar-refractivity contribution in [2.45, 2.75) is 19.1 Å². The van der Waals surface area contributed by atoms with Gasteiger partial charge in [-0.05, 0) is 25.1 Å². The topological polar surface area (TPSA) is 45.4 Å². The molecule has 3 heteroatoms. The number of rotatable bonds is 2. The first-order chi connectivity index (χ1) is 5.40. The fraction of sp³-hybridized carbons (Fsp3) is 0.500. The average molecular weight is 153 g/mol. The molecule has 0 saturated carbocycles. The number of aliphatic hydroxyl groups is 1. The number of hydrogen-bond donors (Lipinski definition) is 2. The maximum Gasteiger partial charge on any atom is 0.129 e. The zero-order chi connectivity index (χ0) is 7.68. The molecule has 2 heterocycles. The predicted octanol–water partition coefficient (Wildman–Crippen LogP) is 0.806. The standard InChI is InChI=1S/C8H11NO2/c10-5-6-1-2-8(11-6)7-3-4-9-7/h1-2,7,9-10H,3-5H2/t7-/m1/s1. The van der Waals surface area contributed by atoms with Crippen LogP contribution in [0, 0.1) is 0 Å². The highest BCUT2D eigenvalue weighted by Crippen LogP contribution is 2.24. The molecule has 1 aromatic rings. The Balaban J connectivity index is 2.11. The maximum absolute atomic E-state index is 8.71. The monoisotopic (exact) mass is 153 g/mol. The van der Waals surface area contributed by atoms with Crippen LogP contribution in [-0.4, -0.2) is 11.7 Å². The fourth-order valence-corrected chi connectivity index (χ4v) is 1.20. The molecule has 1 aliphatic heterocycles. The van der Waals surface area contributed by atoms with Crippen molar-refractivity contribution in [2.75, 3.05) is 6.54 Å². The molecule has 2 rings (SSSR count). The summed E-state index contributed by atoms with van der Waals surface area (Å²) < 4.78 is 5.32. The van der Waals surface area contributed by atoms with E-state index in [1.807, 2.05) is 12.1 Å². The van der Waals surface area contributed by atoms with Crippen LogP contribution < -0.4 is 5.32 Å². The molecule has 0 amide bonds. The van der Waals surface area contributed by atoms with E-state index in [-0.39, 0.29) is 6.61 Å². The summed E-state index contributed by atoms with van der Waals surface area (Å²) in [6, 6.07) is 4.12. The molecule has 11 heavy (non-hydrogen) atoms. The minimum Gasteiger partial charge on any atom is -0.462 e. The zero-order valence-corrected chi connectivity index (χ0v) is 6.21. The lowest BCUT2D eigenvalue weighted by Gasteiger charge is -2.25. The van der Waals surface area contributed by atoms with Gasteiger partial charge in [0, 0.05) is 0 Å². The molecule has 60 valence electrons. The minimum absolute atomic E-state index is 0.00722. The fourth-order valence-electron chi connectivity index (χ4n) is 1.20. The Labute approximate surface area is 65.0 Å². The quantitative estimate of drug-likeness (QED) is 0.660. The van der Waals surface area contributed by atoms with E-state index in [9.17, 15) is 0 Å². The molecule has 1 aromatic heterocycles. The van der Waals surface area contributed by atoms with Crippen LogP contribution in [0.3, 0.4) is 0 Å². The van der Waals surface area contributed by atoms with E-state index < -0.39 is 0 Å². The third-order valence-electron chi connectivity index (χ3n) is 2.01. The van der Waals surface area contributed by atoms with Crippen molar-refractivity contribution < 1.29 is 9.52 Å². The maximum atomic E-state index is 8.71. The summed E-state index contributed by atoms with van der Waals surface area (Å²) in [5.41, 5.74) is 0. The molecule has 0 aliphatic carbocycles. The first-order valence-corrected chi connectivity index (χ1v) is 3.83. The normalized spacial score (nSPS) is 23.2. The van der Waals surface area contributed by atoms with Gasteiger partial charge >= 0.3 is 0 Å². The Hall–Kier alpha value is -0.800. The van der Waals surface area contributed by atoms with Crippen LogP contribution in [0.15, 0.2) is 16.5 Å². The number of furan rings is 1. The summed E-state index contributed by atoms with van der Waals surface area (Å²) in [4.78, 5) is 0. The molecule has 0 aromatic carbocycles. The van der Waals surface area contributed by atoms with E-state index in [0.717, 1.165) is 18.7 Å². The highest BCUT2D eigenvalue weighted by Gasteiger charge is 2.21. The molecule has 3 nitrogen and oxygen atoms in total. The number of nitrogens with one attached hydrogen (secondary N) is 1. The van der Waals surface area contributed by atoms with E-state index in [2.05, 4.69) is 5.32 Å². The van der Waals surface area contributed by atoms with Crippen molar-refractivity contribution in [1.29, 1.82) is 0 Å². The lowest BCUT2D eigenvalue weighted by atomic mass is 10.1. The van der Waals surface area contributed by atoms with Crippen LogP contribution in [-0.2, 0) is 6.61 Å². The molecule has 0 bridgehead atoms. The Morgan fingerprint density at radius 3 is 2.91 bits per heavy atom. The van der Waals surface area contributed by atoms with Gasteiger partial charge in [-0.25, -0.2) is 0 Å². The van der Waals surface area contributed by atoms with Crippen molar-refractivity contribution in [3.05, 3.63) is 23.7 Å². The third-order valence-corrected chi connectivity index (χ3v) is 2.01. The summed E-state index contributed by atoms with van der Waals surface area (Å²) in [7, 11) is 0. The summed E-state index contributed by atoms with van der Waals surface area (Å²) in [6.07, 6.45) is 1.14. The Morgan fingerprint density at radius 1 is 1.64 bits per heavy atom. The number of aliphatic hydroxyl groups excluding tert-OH is 1. The van der Waals surface area contributed by atoms with Gasteiger partial charge in [-0.15, -0.1) is 0 Å². The van der Waals surface area contributed by atoms with Gasteiger partial charge in [0.25, 0.3) is 0 Å². The minimum atomic E-state index is -0.00722. The smallest absolute Gasteiger partial charge is 0.129 e. The van der Waals surface area contributed by atoms with Crippen molar-refractivity contribution in [1.82, 2.24) is 5.32 Å². The zero-order valence-electron chi connectivity index (χ0n) is 6.21. The van der Waals surface area contributed by atoms with Gasteiger partial charge in [0.1, 0.15) is 18.1 Å². The molecule has 1 aliphatic rings.